The van der Waals surface area contributed by atoms with Crippen LogP contribution in [-0.4, -0.2) is 73.4 Å². The molecule has 4 aliphatic rings. The van der Waals surface area contributed by atoms with Crippen molar-refractivity contribution in [2.75, 3.05) is 6.61 Å². The van der Waals surface area contributed by atoms with E-state index in [2.05, 4.69) is 10.6 Å². The van der Waals surface area contributed by atoms with E-state index in [4.69, 9.17) is 26.2 Å². The van der Waals surface area contributed by atoms with Crippen molar-refractivity contribution in [3.05, 3.63) is 23.3 Å². The van der Waals surface area contributed by atoms with Crippen LogP contribution in [0.2, 0.25) is 0 Å². The van der Waals surface area contributed by atoms with Crippen LogP contribution in [0, 0.1) is 0 Å². The van der Waals surface area contributed by atoms with Crippen LogP contribution in [0.3, 0.4) is 0 Å². The molecule has 0 aromatic carbocycles. The van der Waals surface area contributed by atoms with Gasteiger partial charge in [-0.05, 0) is 38.4 Å². The Morgan fingerprint density at radius 1 is 1.32 bits per heavy atom. The third-order valence-electron chi connectivity index (χ3n) is 7.46. The molecule has 0 saturated carbocycles. The van der Waals surface area contributed by atoms with Crippen LogP contribution in [0.5, 0.6) is 0 Å². The highest BCUT2D eigenvalue weighted by atomic mass is 32.1. The van der Waals surface area contributed by atoms with E-state index in [-0.39, 0.29) is 18.1 Å². The van der Waals surface area contributed by atoms with Gasteiger partial charge in [0.1, 0.15) is 18.4 Å². The quantitative estimate of drug-likeness (QED) is 0.132. The standard InChI is InChI=1S/C21H33FN3O7PS/c1-5-20(6-2,32-33(28,29)21(7-3)10-30-21)8-13-14(26)15(27)18(31-13)25-9-12-11(4)16(22)23-17(12)24-19(25)34/h9,13-15,17-18,23,26-27H,5-8,10H2,1-4H3,(H,24,34)(H,28,29). The fourth-order valence-corrected chi connectivity index (χ4v) is 6.82. The number of fused-ring (bicyclic) bond motifs is 1. The molecule has 4 aliphatic heterocycles. The molecule has 13 heteroatoms. The second-order valence-corrected chi connectivity index (χ2v) is 11.7. The van der Waals surface area contributed by atoms with Gasteiger partial charge in [-0.25, -0.2) is 0 Å². The Morgan fingerprint density at radius 2 is 1.97 bits per heavy atom. The highest BCUT2D eigenvalue weighted by molar-refractivity contribution is 7.80. The normalized spacial score (nSPS) is 37.2. The Hall–Kier alpha value is -1.11. The topological polar surface area (TPSA) is 136 Å². The number of thiocarbonyl (C=S) groups is 1. The molecule has 0 amide bonds. The fourth-order valence-electron chi connectivity index (χ4n) is 4.73. The first-order valence-corrected chi connectivity index (χ1v) is 13.5. The summed E-state index contributed by atoms with van der Waals surface area (Å²) in [6.45, 7) is 7.20. The Kier molecular flexibility index (Phi) is 6.93. The monoisotopic (exact) mass is 521 g/mol. The summed E-state index contributed by atoms with van der Waals surface area (Å²) in [4.78, 5) is 12.2. The predicted molar refractivity (Wildman–Crippen MR) is 125 cm³/mol. The van der Waals surface area contributed by atoms with Gasteiger partial charge in [0.2, 0.25) is 0 Å². The average Bonchev–Trinajstić information content (AvgIpc) is 3.51. The maximum atomic E-state index is 14.0. The van der Waals surface area contributed by atoms with Crippen LogP contribution in [0.1, 0.15) is 53.4 Å². The number of aliphatic hydroxyl groups excluding tert-OH is 2. The SMILES string of the molecule is CCC(CC)(CC1OC(N2C=C3C(C)=C(F)NC3NC2=S)C(O)C1O)OP(=O)(O)C1(CC)CO1. The van der Waals surface area contributed by atoms with Gasteiger partial charge in [0.05, 0.1) is 18.3 Å². The van der Waals surface area contributed by atoms with Gasteiger partial charge in [-0.3, -0.25) is 14.0 Å². The largest absolute Gasteiger partial charge is 0.388 e. The summed E-state index contributed by atoms with van der Waals surface area (Å²) in [5, 5.41) is 26.3. The van der Waals surface area contributed by atoms with E-state index in [1.165, 1.54) is 4.90 Å². The van der Waals surface area contributed by atoms with Crippen LogP contribution in [0.25, 0.3) is 0 Å². The Balaban J connectivity index is 1.54. The summed E-state index contributed by atoms with van der Waals surface area (Å²) in [6.07, 6.45) is -2.30. The molecule has 7 unspecified atom stereocenters. The van der Waals surface area contributed by atoms with Crippen molar-refractivity contribution < 1.29 is 38.1 Å². The molecule has 34 heavy (non-hydrogen) atoms. The van der Waals surface area contributed by atoms with Crippen LogP contribution in [0.15, 0.2) is 23.3 Å². The van der Waals surface area contributed by atoms with E-state index in [0.717, 1.165) is 0 Å². The second kappa shape index (κ2) is 9.08. The lowest BCUT2D eigenvalue weighted by atomic mass is 9.88. The number of nitrogens with one attached hydrogen (secondary N) is 2. The van der Waals surface area contributed by atoms with Crippen LogP contribution < -0.4 is 10.6 Å². The van der Waals surface area contributed by atoms with Gasteiger partial charge in [0.25, 0.3) is 0 Å². The maximum Gasteiger partial charge on any atom is 0.362 e. The van der Waals surface area contributed by atoms with Gasteiger partial charge in [-0.1, -0.05) is 20.8 Å². The summed E-state index contributed by atoms with van der Waals surface area (Å²) in [7, 11) is -4.13. The lowest BCUT2D eigenvalue weighted by molar-refractivity contribution is -0.0770. The van der Waals surface area contributed by atoms with E-state index >= 15 is 0 Å². The first kappa shape index (κ1) is 26.0. The minimum Gasteiger partial charge on any atom is -0.388 e. The van der Waals surface area contributed by atoms with Gasteiger partial charge >= 0.3 is 7.60 Å². The number of halogens is 1. The molecule has 0 aromatic heterocycles. The van der Waals surface area contributed by atoms with E-state index in [1.54, 1.807) is 20.0 Å². The molecule has 0 bridgehead atoms. The molecule has 4 heterocycles. The number of epoxide rings is 1. The second-order valence-electron chi connectivity index (χ2n) is 9.30. The minimum absolute atomic E-state index is 0.0708. The number of aliphatic hydroxyl groups is 2. The molecular formula is C21H33FN3O7PS. The van der Waals surface area contributed by atoms with Gasteiger partial charge in [-0.15, -0.1) is 0 Å². The lowest BCUT2D eigenvalue weighted by Crippen LogP contribution is -2.56. The van der Waals surface area contributed by atoms with Crippen molar-refractivity contribution in [3.63, 3.8) is 0 Å². The molecule has 0 aromatic rings. The number of hydrogen-bond donors (Lipinski definition) is 5. The summed E-state index contributed by atoms with van der Waals surface area (Å²) in [5.74, 6) is -0.468. The van der Waals surface area contributed by atoms with Gasteiger partial charge in [0, 0.05) is 23.8 Å². The summed E-state index contributed by atoms with van der Waals surface area (Å²) in [6, 6.07) is 0. The number of rotatable bonds is 9. The summed E-state index contributed by atoms with van der Waals surface area (Å²) >= 11 is 5.39. The summed E-state index contributed by atoms with van der Waals surface area (Å²) < 4.78 is 44.3. The van der Waals surface area contributed by atoms with Crippen molar-refractivity contribution in [2.24, 2.45) is 0 Å². The first-order valence-electron chi connectivity index (χ1n) is 11.6. The van der Waals surface area contributed by atoms with Crippen molar-refractivity contribution in [1.29, 1.82) is 0 Å². The molecule has 7 atom stereocenters. The van der Waals surface area contributed by atoms with Gasteiger partial charge in [-0.2, -0.15) is 4.39 Å². The zero-order chi connectivity index (χ0) is 25.1. The molecule has 0 spiro atoms. The highest BCUT2D eigenvalue weighted by Gasteiger charge is 2.62. The van der Waals surface area contributed by atoms with Crippen molar-refractivity contribution >= 4 is 24.9 Å². The molecule has 4 rings (SSSR count). The smallest absolute Gasteiger partial charge is 0.362 e. The molecular weight excluding hydrogens is 488 g/mol. The van der Waals surface area contributed by atoms with E-state index < -0.39 is 55.2 Å². The Labute approximate surface area is 203 Å². The van der Waals surface area contributed by atoms with Crippen LogP contribution >= 0.6 is 19.8 Å². The minimum atomic E-state index is -4.13. The number of ether oxygens (including phenoxy) is 2. The fraction of sp³-hybridized carbons (Fsp3) is 0.762. The average molecular weight is 522 g/mol. The molecule has 10 nitrogen and oxygen atoms in total. The van der Waals surface area contributed by atoms with E-state index in [1.807, 2.05) is 13.8 Å². The van der Waals surface area contributed by atoms with E-state index in [9.17, 15) is 24.1 Å². The lowest BCUT2D eigenvalue weighted by Gasteiger charge is -2.38. The van der Waals surface area contributed by atoms with Gasteiger partial charge < -0.3 is 35.2 Å². The predicted octanol–water partition coefficient (Wildman–Crippen LogP) is 1.92. The maximum absolute atomic E-state index is 14.0. The van der Waals surface area contributed by atoms with Gasteiger partial charge in [0.15, 0.2) is 22.6 Å². The molecule has 0 radical (unpaired) electrons. The van der Waals surface area contributed by atoms with Crippen molar-refractivity contribution in [3.8, 4) is 0 Å². The Bertz CT molecular complexity index is 955. The van der Waals surface area contributed by atoms with Crippen molar-refractivity contribution in [2.45, 2.75) is 95.0 Å². The van der Waals surface area contributed by atoms with Crippen molar-refractivity contribution in [1.82, 2.24) is 15.5 Å². The van der Waals surface area contributed by atoms with E-state index in [0.29, 0.717) is 30.4 Å². The first-order chi connectivity index (χ1) is 15.9. The molecule has 2 saturated heterocycles. The Morgan fingerprint density at radius 3 is 2.53 bits per heavy atom. The number of hydrogen-bond acceptors (Lipinski definition) is 8. The molecule has 2 fully saturated rings. The zero-order valence-corrected chi connectivity index (χ0v) is 21.4. The molecule has 192 valence electrons. The zero-order valence-electron chi connectivity index (χ0n) is 19.7. The third kappa shape index (κ3) is 4.22. The number of nitrogens with zero attached hydrogens (tertiary/aromatic N) is 1. The summed E-state index contributed by atoms with van der Waals surface area (Å²) in [5.41, 5.74) is -0.0688. The third-order valence-corrected chi connectivity index (χ3v) is 10.0. The molecule has 0 aliphatic carbocycles. The van der Waals surface area contributed by atoms with Crippen LogP contribution in [-0.2, 0) is 18.6 Å². The highest BCUT2D eigenvalue weighted by Crippen LogP contribution is 2.67. The molecule has 5 N–H and O–H groups in total. The van der Waals surface area contributed by atoms with Crippen LogP contribution in [0.4, 0.5) is 4.39 Å².